The summed E-state index contributed by atoms with van der Waals surface area (Å²) in [4.78, 5) is 9.39. The van der Waals surface area contributed by atoms with Crippen molar-refractivity contribution in [3.8, 4) is 0 Å². The Morgan fingerprint density at radius 1 is 1.86 bits per heavy atom. The van der Waals surface area contributed by atoms with E-state index in [-0.39, 0.29) is 36.0 Å². The maximum Gasteiger partial charge on any atom is 1.00 e. The third-order valence-corrected chi connectivity index (χ3v) is 0.417. The maximum atomic E-state index is 9.39. The van der Waals surface area contributed by atoms with Gasteiger partial charge in [-0.25, -0.2) is 0 Å². The van der Waals surface area contributed by atoms with E-state index in [0.717, 1.165) is 5.37 Å². The summed E-state index contributed by atoms with van der Waals surface area (Å²) < 4.78 is 0. The second kappa shape index (κ2) is 6.56. The Hall–Kier alpha value is 0.560. The average Bonchev–Trinajstić information content (AvgIpc) is 1.35. The van der Waals surface area contributed by atoms with Gasteiger partial charge in [-0.15, -0.1) is 0 Å². The fourth-order valence-electron chi connectivity index (χ4n) is 0.0680. The molecule has 0 aromatic rings. The van der Waals surface area contributed by atoms with Crippen LogP contribution >= 0.6 is 12.2 Å². The third kappa shape index (κ3) is 10.8. The van der Waals surface area contributed by atoms with E-state index < -0.39 is 5.97 Å². The topological polar surface area (TPSA) is 40.1 Å². The second-order valence-corrected chi connectivity index (χ2v) is 1.08. The number of thiocarbonyl (C=S) groups is 1. The predicted octanol–water partition coefficient (Wildman–Crippen LogP) is -3.87. The van der Waals surface area contributed by atoms with Crippen LogP contribution in [0, 0.1) is 0 Å². The number of hydrogen-bond donors (Lipinski definition) is 0. The summed E-state index contributed by atoms with van der Waals surface area (Å²) in [6.45, 7) is 0. The van der Waals surface area contributed by atoms with Crippen molar-refractivity contribution >= 4 is 23.6 Å². The Morgan fingerprint density at radius 2 is 2.29 bits per heavy atom. The van der Waals surface area contributed by atoms with Crippen molar-refractivity contribution in [2.24, 2.45) is 0 Å². The molecule has 7 heavy (non-hydrogen) atoms. The van der Waals surface area contributed by atoms with Crippen LogP contribution in [0.2, 0.25) is 0 Å². The summed E-state index contributed by atoms with van der Waals surface area (Å²) in [5.41, 5.74) is 0. The first-order chi connectivity index (χ1) is 2.77. The number of aliphatic carboxylic acids is 1. The van der Waals surface area contributed by atoms with Crippen LogP contribution in [-0.2, 0) is 4.79 Å². The molecular formula is C3H3NaO2S. The molecule has 0 saturated heterocycles. The van der Waals surface area contributed by atoms with Crippen molar-refractivity contribution in [1.29, 1.82) is 0 Å². The van der Waals surface area contributed by atoms with Crippen LogP contribution < -0.4 is 34.7 Å². The molecule has 0 aromatic carbocycles. The molecule has 0 rings (SSSR count). The number of rotatable bonds is 2. The molecule has 0 atom stereocenters. The fraction of sp³-hybridized carbons (Fsp3) is 0.333. The van der Waals surface area contributed by atoms with Gasteiger partial charge in [-0.05, 0) is 5.37 Å². The summed E-state index contributed by atoms with van der Waals surface area (Å²) in [7, 11) is 0. The molecule has 0 spiro atoms. The zero-order valence-electron chi connectivity index (χ0n) is 4.01. The average molecular weight is 126 g/mol. The summed E-state index contributed by atoms with van der Waals surface area (Å²) in [5, 5.41) is 10.5. The van der Waals surface area contributed by atoms with Crippen molar-refractivity contribution in [3.63, 3.8) is 0 Å². The van der Waals surface area contributed by atoms with E-state index in [0.29, 0.717) is 0 Å². The summed E-state index contributed by atoms with van der Waals surface area (Å²) >= 11 is 4.18. The Morgan fingerprint density at radius 3 is 2.29 bits per heavy atom. The molecule has 0 aliphatic carbocycles. The molecule has 0 aliphatic rings. The van der Waals surface area contributed by atoms with Crippen LogP contribution in [0.4, 0.5) is 0 Å². The van der Waals surface area contributed by atoms with Gasteiger partial charge in [-0.3, -0.25) is 0 Å². The van der Waals surface area contributed by atoms with Crippen LogP contribution in [0.3, 0.4) is 0 Å². The Labute approximate surface area is 69.2 Å². The summed E-state index contributed by atoms with van der Waals surface area (Å²) in [5.74, 6) is -1.12. The zero-order chi connectivity index (χ0) is 4.99. The zero-order valence-corrected chi connectivity index (χ0v) is 6.83. The van der Waals surface area contributed by atoms with E-state index in [4.69, 9.17) is 0 Å². The summed E-state index contributed by atoms with van der Waals surface area (Å²) in [6.07, 6.45) is -0.130. The fourth-order valence-corrected chi connectivity index (χ4v) is 0.204. The van der Waals surface area contributed by atoms with E-state index in [1.54, 1.807) is 0 Å². The largest absolute Gasteiger partial charge is 1.00 e. The Bertz CT molecular complexity index is 73.3. The van der Waals surface area contributed by atoms with Gasteiger partial charge in [0.1, 0.15) is 0 Å². The van der Waals surface area contributed by atoms with Gasteiger partial charge in [0.15, 0.2) is 0 Å². The number of hydrogen-bond acceptors (Lipinski definition) is 3. The minimum atomic E-state index is -1.12. The molecule has 0 aromatic heterocycles. The van der Waals surface area contributed by atoms with Crippen molar-refractivity contribution in [1.82, 2.24) is 0 Å². The molecule has 2 nitrogen and oxygen atoms in total. The number of carboxylic acid groups (broad SMARTS) is 1. The molecule has 0 heterocycles. The maximum absolute atomic E-state index is 9.39. The number of carboxylic acids is 1. The van der Waals surface area contributed by atoms with Crippen molar-refractivity contribution in [2.45, 2.75) is 6.42 Å². The molecule has 34 valence electrons. The third-order valence-electron chi connectivity index (χ3n) is 0.250. The van der Waals surface area contributed by atoms with Gasteiger partial charge < -0.3 is 9.90 Å². The first-order valence-electron chi connectivity index (χ1n) is 1.41. The van der Waals surface area contributed by atoms with Crippen LogP contribution in [0.25, 0.3) is 0 Å². The van der Waals surface area contributed by atoms with Gasteiger partial charge in [-0.1, -0.05) is 12.2 Å². The van der Waals surface area contributed by atoms with E-state index in [9.17, 15) is 9.90 Å². The molecule has 0 saturated carbocycles. The van der Waals surface area contributed by atoms with Crippen LogP contribution in [0.1, 0.15) is 6.42 Å². The molecular weight excluding hydrogens is 123 g/mol. The molecule has 0 N–H and O–H groups in total. The van der Waals surface area contributed by atoms with Gasteiger partial charge in [0.05, 0.1) is 0 Å². The smallest absolute Gasteiger partial charge is 0.550 e. The van der Waals surface area contributed by atoms with Gasteiger partial charge in [-0.2, -0.15) is 0 Å². The Kier molecular flexibility index (Phi) is 9.86. The first-order valence-corrected chi connectivity index (χ1v) is 1.88. The first kappa shape index (κ1) is 10.5. The minimum absolute atomic E-state index is 0. The Balaban J connectivity index is 0. The van der Waals surface area contributed by atoms with Gasteiger partial charge in [0, 0.05) is 12.4 Å². The van der Waals surface area contributed by atoms with Crippen LogP contribution in [0.5, 0.6) is 0 Å². The molecule has 0 amide bonds. The number of carbonyl (C=O) groups excluding carboxylic acids is 1. The van der Waals surface area contributed by atoms with E-state index in [1.807, 2.05) is 0 Å². The van der Waals surface area contributed by atoms with Gasteiger partial charge in [0.25, 0.3) is 0 Å². The molecule has 0 aliphatic heterocycles. The molecule has 0 bridgehead atoms. The summed E-state index contributed by atoms with van der Waals surface area (Å²) in [6, 6.07) is 0. The quantitative estimate of drug-likeness (QED) is 0.281. The van der Waals surface area contributed by atoms with Crippen LogP contribution in [-0.4, -0.2) is 11.3 Å². The van der Waals surface area contributed by atoms with E-state index in [2.05, 4.69) is 12.2 Å². The van der Waals surface area contributed by atoms with Crippen molar-refractivity contribution in [2.75, 3.05) is 0 Å². The second-order valence-electron chi connectivity index (χ2n) is 0.743. The monoisotopic (exact) mass is 126 g/mol. The van der Waals surface area contributed by atoms with E-state index >= 15 is 0 Å². The molecule has 0 unspecified atom stereocenters. The molecule has 0 fully saturated rings. The standard InChI is InChI=1S/C3H4O2S.Na/c4-3(5)1-2-6;/h2H,1H2,(H,4,5);/q;+1/p-1. The molecule has 4 heteroatoms. The normalized spacial score (nSPS) is 6.29. The molecule has 0 radical (unpaired) electrons. The minimum Gasteiger partial charge on any atom is -0.550 e. The predicted molar refractivity (Wildman–Crippen MR) is 23.3 cm³/mol. The van der Waals surface area contributed by atoms with Gasteiger partial charge >= 0.3 is 29.6 Å². The number of carbonyl (C=O) groups is 1. The van der Waals surface area contributed by atoms with E-state index in [1.165, 1.54) is 0 Å². The van der Waals surface area contributed by atoms with Crippen molar-refractivity contribution < 1.29 is 39.5 Å². The SMILES string of the molecule is O=C([O-])CC=S.[Na+]. The van der Waals surface area contributed by atoms with Crippen LogP contribution in [0.15, 0.2) is 0 Å². The van der Waals surface area contributed by atoms with Crippen molar-refractivity contribution in [3.05, 3.63) is 0 Å². The van der Waals surface area contributed by atoms with Gasteiger partial charge in [0.2, 0.25) is 0 Å².